The molecule has 0 saturated heterocycles. The third kappa shape index (κ3) is 42.6. The van der Waals surface area contributed by atoms with E-state index in [4.69, 9.17) is 23.6 Å². The molecule has 338 valence electrons. The van der Waals surface area contributed by atoms with Crippen LogP contribution < -0.4 is 0 Å². The minimum Gasteiger partial charge on any atom is -0.462 e. The second-order valence-electron chi connectivity index (χ2n) is 16.1. The number of phosphoric acid groups is 1. The minimum atomic E-state index is -4.61. The topological polar surface area (TPSA) is 149 Å². The van der Waals surface area contributed by atoms with Crippen LogP contribution in [-0.2, 0) is 32.7 Å². The van der Waals surface area contributed by atoms with Gasteiger partial charge in [-0.25, -0.2) is 4.57 Å². The van der Waals surface area contributed by atoms with Crippen LogP contribution in [0.5, 0.6) is 0 Å². The maximum atomic E-state index is 12.6. The Morgan fingerprint density at radius 3 is 1.28 bits per heavy atom. The molecule has 0 heterocycles. The fourth-order valence-corrected chi connectivity index (χ4v) is 7.54. The molecule has 0 rings (SSSR count). The second-order valence-corrected chi connectivity index (χ2v) is 17.6. The average Bonchev–Trinajstić information content (AvgIpc) is 3.20. The van der Waals surface area contributed by atoms with Crippen LogP contribution in [0.25, 0.3) is 0 Å². The highest BCUT2D eigenvalue weighted by molar-refractivity contribution is 7.47. The van der Waals surface area contributed by atoms with Gasteiger partial charge in [-0.05, 0) is 38.5 Å². The molecule has 11 heteroatoms. The van der Waals surface area contributed by atoms with Gasteiger partial charge in [0.15, 0.2) is 6.10 Å². The number of esters is 2. The van der Waals surface area contributed by atoms with Crippen LogP contribution >= 0.6 is 7.82 Å². The number of aliphatic hydroxyl groups is 2. The van der Waals surface area contributed by atoms with Gasteiger partial charge in [0.2, 0.25) is 0 Å². The maximum absolute atomic E-state index is 12.6. The summed E-state index contributed by atoms with van der Waals surface area (Å²) in [6, 6.07) is 0. The molecule has 0 aliphatic rings. The largest absolute Gasteiger partial charge is 0.472 e. The summed E-state index contributed by atoms with van der Waals surface area (Å²) in [4.78, 5) is 35.0. The predicted octanol–water partition coefficient (Wildman–Crippen LogP) is 12.8. The molecular formula is C46H89O10P. The van der Waals surface area contributed by atoms with Crippen molar-refractivity contribution in [2.24, 2.45) is 0 Å². The number of aliphatic hydroxyl groups excluding tert-OH is 2. The van der Waals surface area contributed by atoms with Crippen LogP contribution in [0.3, 0.4) is 0 Å². The van der Waals surface area contributed by atoms with E-state index in [1.807, 2.05) is 0 Å². The summed E-state index contributed by atoms with van der Waals surface area (Å²) in [5, 5.41) is 18.3. The van der Waals surface area contributed by atoms with Gasteiger partial charge in [0.25, 0.3) is 0 Å². The number of hydrogen-bond acceptors (Lipinski definition) is 9. The van der Waals surface area contributed by atoms with Crippen molar-refractivity contribution in [3.8, 4) is 0 Å². The first-order valence-corrected chi connectivity index (χ1v) is 25.1. The number of rotatable bonds is 45. The fourth-order valence-electron chi connectivity index (χ4n) is 6.75. The Morgan fingerprint density at radius 1 is 0.509 bits per heavy atom. The van der Waals surface area contributed by atoms with Crippen molar-refractivity contribution >= 4 is 19.8 Å². The molecular weight excluding hydrogens is 743 g/mol. The van der Waals surface area contributed by atoms with E-state index in [1.54, 1.807) is 0 Å². The predicted molar refractivity (Wildman–Crippen MR) is 233 cm³/mol. The first-order chi connectivity index (χ1) is 27.7. The smallest absolute Gasteiger partial charge is 0.462 e. The molecule has 57 heavy (non-hydrogen) atoms. The fraction of sp³-hybridized carbons (Fsp3) is 0.913. The zero-order chi connectivity index (χ0) is 41.9. The van der Waals surface area contributed by atoms with Crippen LogP contribution in [0.4, 0.5) is 0 Å². The van der Waals surface area contributed by atoms with Crippen LogP contribution in [0.2, 0.25) is 0 Å². The molecule has 0 spiro atoms. The van der Waals surface area contributed by atoms with Crippen LogP contribution in [0, 0.1) is 0 Å². The Kier molecular flexibility index (Phi) is 41.9. The first-order valence-electron chi connectivity index (χ1n) is 23.6. The molecule has 0 amide bonds. The molecule has 0 aromatic heterocycles. The lowest BCUT2D eigenvalue weighted by molar-refractivity contribution is -0.161. The molecule has 0 radical (unpaired) electrons. The SMILES string of the molecule is CCCCCC/C=C/CCCCCCCC(=O)O[C@@H](COC(=O)CCCCCCCCCCCCCCCCCCCCCCC)COP(=O)(O)OC[C@H](O)CO. The van der Waals surface area contributed by atoms with E-state index in [-0.39, 0.29) is 19.4 Å². The van der Waals surface area contributed by atoms with E-state index in [2.05, 4.69) is 26.0 Å². The number of allylic oxidation sites excluding steroid dienone is 2. The van der Waals surface area contributed by atoms with E-state index < -0.39 is 51.8 Å². The van der Waals surface area contributed by atoms with Gasteiger partial charge in [-0.3, -0.25) is 18.6 Å². The quantitative estimate of drug-likeness (QED) is 0.0234. The average molecular weight is 833 g/mol. The van der Waals surface area contributed by atoms with Gasteiger partial charge >= 0.3 is 19.8 Å². The Balaban J connectivity index is 4.15. The van der Waals surface area contributed by atoms with Gasteiger partial charge in [0, 0.05) is 12.8 Å². The number of carbonyl (C=O) groups is 2. The molecule has 1 unspecified atom stereocenters. The molecule has 3 atom stereocenters. The molecule has 3 N–H and O–H groups in total. The van der Waals surface area contributed by atoms with Gasteiger partial charge in [0.1, 0.15) is 12.7 Å². The Hall–Kier alpha value is -1.29. The lowest BCUT2D eigenvalue weighted by Gasteiger charge is -2.20. The Bertz CT molecular complexity index is 961. The highest BCUT2D eigenvalue weighted by Crippen LogP contribution is 2.43. The maximum Gasteiger partial charge on any atom is 0.472 e. The highest BCUT2D eigenvalue weighted by atomic mass is 31.2. The van der Waals surface area contributed by atoms with Crippen LogP contribution in [0.15, 0.2) is 12.2 Å². The van der Waals surface area contributed by atoms with Crippen molar-refractivity contribution in [1.29, 1.82) is 0 Å². The van der Waals surface area contributed by atoms with E-state index in [0.29, 0.717) is 12.8 Å². The lowest BCUT2D eigenvalue weighted by atomic mass is 10.0. The molecule has 0 aliphatic carbocycles. The summed E-state index contributed by atoms with van der Waals surface area (Å²) < 4.78 is 32.8. The van der Waals surface area contributed by atoms with Crippen LogP contribution in [-0.4, -0.2) is 65.7 Å². The number of hydrogen-bond donors (Lipinski definition) is 3. The molecule has 0 aliphatic heterocycles. The van der Waals surface area contributed by atoms with Crippen molar-refractivity contribution < 1.29 is 47.8 Å². The normalized spacial score (nSPS) is 13.8. The summed E-state index contributed by atoms with van der Waals surface area (Å²) in [5.41, 5.74) is 0. The number of phosphoric ester groups is 1. The third-order valence-electron chi connectivity index (χ3n) is 10.4. The minimum absolute atomic E-state index is 0.178. The second kappa shape index (κ2) is 42.8. The summed E-state index contributed by atoms with van der Waals surface area (Å²) >= 11 is 0. The summed E-state index contributed by atoms with van der Waals surface area (Å²) in [7, 11) is -4.61. The molecule has 0 aromatic carbocycles. The summed E-state index contributed by atoms with van der Waals surface area (Å²) in [6.07, 6.45) is 41.8. The van der Waals surface area contributed by atoms with Crippen molar-refractivity contribution in [1.82, 2.24) is 0 Å². The van der Waals surface area contributed by atoms with Gasteiger partial charge in [-0.2, -0.15) is 0 Å². The standard InChI is InChI=1S/C46H89O10P/c1-3-5-7-9-11-13-15-17-18-19-20-21-22-23-24-26-27-29-31-33-35-37-45(49)53-41-44(42-55-57(51,52)54-40-43(48)39-47)56-46(50)38-36-34-32-30-28-25-16-14-12-10-8-6-4-2/h14,16,43-44,47-48H,3-13,15,17-42H2,1-2H3,(H,51,52)/b16-14+/t43-,44+/m1/s1. The zero-order valence-corrected chi connectivity index (χ0v) is 37.7. The summed E-state index contributed by atoms with van der Waals surface area (Å²) in [5.74, 6) is -0.922. The number of carbonyl (C=O) groups excluding carboxylic acids is 2. The Morgan fingerprint density at radius 2 is 0.860 bits per heavy atom. The molecule has 0 saturated carbocycles. The van der Waals surface area contributed by atoms with Crippen molar-refractivity contribution in [2.45, 2.75) is 244 Å². The third-order valence-corrected chi connectivity index (χ3v) is 11.4. The number of unbranched alkanes of at least 4 members (excludes halogenated alkanes) is 29. The van der Waals surface area contributed by atoms with E-state index in [1.165, 1.54) is 135 Å². The number of ether oxygens (including phenoxy) is 2. The highest BCUT2D eigenvalue weighted by Gasteiger charge is 2.27. The van der Waals surface area contributed by atoms with Gasteiger partial charge in [-0.1, -0.05) is 193 Å². The molecule has 0 bridgehead atoms. The van der Waals surface area contributed by atoms with Crippen LogP contribution in [0.1, 0.15) is 232 Å². The molecule has 0 aromatic rings. The molecule has 10 nitrogen and oxygen atoms in total. The van der Waals surface area contributed by atoms with E-state index in [0.717, 1.165) is 57.8 Å². The van der Waals surface area contributed by atoms with E-state index >= 15 is 0 Å². The van der Waals surface area contributed by atoms with E-state index in [9.17, 15) is 24.2 Å². The summed E-state index contributed by atoms with van der Waals surface area (Å²) in [6.45, 7) is 2.39. The van der Waals surface area contributed by atoms with Gasteiger partial charge in [0.05, 0.1) is 19.8 Å². The Labute approximate surface area is 349 Å². The van der Waals surface area contributed by atoms with Gasteiger partial charge in [-0.15, -0.1) is 0 Å². The first kappa shape index (κ1) is 55.7. The monoisotopic (exact) mass is 833 g/mol. The lowest BCUT2D eigenvalue weighted by Crippen LogP contribution is -2.29. The van der Waals surface area contributed by atoms with Gasteiger partial charge < -0.3 is 24.6 Å². The zero-order valence-electron chi connectivity index (χ0n) is 36.8. The molecule has 0 fully saturated rings. The van der Waals surface area contributed by atoms with Crippen molar-refractivity contribution in [3.05, 3.63) is 12.2 Å². The van der Waals surface area contributed by atoms with Crippen molar-refractivity contribution in [2.75, 3.05) is 26.4 Å². The van der Waals surface area contributed by atoms with Crippen molar-refractivity contribution in [3.63, 3.8) is 0 Å².